The Morgan fingerprint density at radius 3 is 2.48 bits per heavy atom. The highest BCUT2D eigenvalue weighted by atomic mass is 127. The van der Waals surface area contributed by atoms with Crippen LogP contribution >= 0.6 is 35.6 Å². The highest BCUT2D eigenvalue weighted by Gasteiger charge is 2.08. The molecule has 0 atom stereocenters. The molecule has 27 heavy (non-hydrogen) atoms. The summed E-state index contributed by atoms with van der Waals surface area (Å²) >= 11 is 6.02. The van der Waals surface area contributed by atoms with Gasteiger partial charge in [0.2, 0.25) is 0 Å². The monoisotopic (exact) mass is 510 g/mol. The van der Waals surface area contributed by atoms with Crippen LogP contribution in [0.2, 0.25) is 5.02 Å². The Morgan fingerprint density at radius 2 is 1.78 bits per heavy atom. The van der Waals surface area contributed by atoms with Crippen LogP contribution in [0.15, 0.2) is 29.3 Å². The Bertz CT molecular complexity index is 558. The van der Waals surface area contributed by atoms with E-state index < -0.39 is 0 Å². The third-order valence-corrected chi connectivity index (χ3v) is 3.85. The number of guanidine groups is 1. The van der Waals surface area contributed by atoms with Gasteiger partial charge in [-0.1, -0.05) is 37.1 Å². The van der Waals surface area contributed by atoms with Gasteiger partial charge in [-0.3, -0.25) is 9.79 Å². The van der Waals surface area contributed by atoms with Gasteiger partial charge in [-0.2, -0.15) is 0 Å². The van der Waals surface area contributed by atoms with Crippen molar-refractivity contribution in [2.75, 3.05) is 39.4 Å². The molecule has 0 radical (unpaired) electrons. The van der Waals surface area contributed by atoms with Crippen LogP contribution < -0.4 is 16.0 Å². The summed E-state index contributed by atoms with van der Waals surface area (Å²) in [5.41, 5.74) is 0.484. The van der Waals surface area contributed by atoms with E-state index in [0.29, 0.717) is 30.2 Å². The Hall–Kier alpha value is -1.06. The lowest BCUT2D eigenvalue weighted by Gasteiger charge is -2.12. The van der Waals surface area contributed by atoms with Gasteiger partial charge in [0.15, 0.2) is 5.96 Å². The molecule has 6 nitrogen and oxygen atoms in total. The van der Waals surface area contributed by atoms with E-state index in [1.165, 1.54) is 0 Å². The van der Waals surface area contributed by atoms with E-state index in [1.807, 2.05) is 6.92 Å². The van der Waals surface area contributed by atoms with Gasteiger partial charge in [0, 0.05) is 39.4 Å². The fourth-order valence-corrected chi connectivity index (χ4v) is 2.37. The third kappa shape index (κ3) is 12.1. The zero-order valence-corrected chi connectivity index (χ0v) is 19.3. The van der Waals surface area contributed by atoms with E-state index in [4.69, 9.17) is 16.3 Å². The maximum absolute atomic E-state index is 12.1. The minimum Gasteiger partial charge on any atom is -0.381 e. The van der Waals surface area contributed by atoms with E-state index in [9.17, 15) is 4.79 Å². The van der Waals surface area contributed by atoms with Crippen molar-refractivity contribution >= 4 is 47.4 Å². The molecule has 1 aromatic rings. The Labute approximate surface area is 184 Å². The number of carbonyl (C=O) groups excluding carboxylic acids is 1. The molecule has 0 saturated carbocycles. The van der Waals surface area contributed by atoms with E-state index in [-0.39, 0.29) is 29.9 Å². The summed E-state index contributed by atoms with van der Waals surface area (Å²) < 4.78 is 5.52. The first-order chi connectivity index (χ1) is 12.7. The molecule has 0 aliphatic rings. The maximum atomic E-state index is 12.1. The number of hydrogen-bond donors (Lipinski definition) is 3. The SMILES string of the molecule is CCCCOCCCN=C(NCC)NCCNC(=O)c1ccccc1Cl.I. The molecular formula is C19H32ClIN4O2. The van der Waals surface area contributed by atoms with Crippen molar-refractivity contribution in [3.8, 4) is 0 Å². The molecule has 0 heterocycles. The van der Waals surface area contributed by atoms with Gasteiger partial charge in [-0.25, -0.2) is 0 Å². The summed E-state index contributed by atoms with van der Waals surface area (Å²) in [6.07, 6.45) is 3.15. The summed E-state index contributed by atoms with van der Waals surface area (Å²) in [5, 5.41) is 9.69. The summed E-state index contributed by atoms with van der Waals surface area (Å²) in [6.45, 7) is 8.27. The summed E-state index contributed by atoms with van der Waals surface area (Å²) in [7, 11) is 0. The Kier molecular flexibility index (Phi) is 16.4. The predicted octanol–water partition coefficient (Wildman–Crippen LogP) is 3.45. The van der Waals surface area contributed by atoms with Crippen LogP contribution in [-0.2, 0) is 4.74 Å². The van der Waals surface area contributed by atoms with Crippen molar-refractivity contribution in [1.29, 1.82) is 0 Å². The molecular weight excluding hydrogens is 479 g/mol. The van der Waals surface area contributed by atoms with Gasteiger partial charge < -0.3 is 20.7 Å². The number of carbonyl (C=O) groups is 1. The summed E-state index contributed by atoms with van der Waals surface area (Å²) in [5.74, 6) is 0.566. The van der Waals surface area contributed by atoms with Gasteiger partial charge in [0.25, 0.3) is 5.91 Å². The summed E-state index contributed by atoms with van der Waals surface area (Å²) in [6, 6.07) is 7.01. The van der Waals surface area contributed by atoms with E-state index in [2.05, 4.69) is 27.9 Å². The molecule has 0 aromatic heterocycles. The van der Waals surface area contributed by atoms with Gasteiger partial charge in [0.05, 0.1) is 10.6 Å². The number of amides is 1. The number of rotatable bonds is 12. The van der Waals surface area contributed by atoms with E-state index in [0.717, 1.165) is 45.0 Å². The van der Waals surface area contributed by atoms with Crippen molar-refractivity contribution in [2.45, 2.75) is 33.1 Å². The average Bonchev–Trinajstić information content (AvgIpc) is 2.64. The first-order valence-corrected chi connectivity index (χ1v) is 9.69. The molecule has 0 saturated heterocycles. The number of aliphatic imine (C=N–C) groups is 1. The van der Waals surface area contributed by atoms with Gasteiger partial charge in [-0.15, -0.1) is 24.0 Å². The number of nitrogens with zero attached hydrogens (tertiary/aromatic N) is 1. The zero-order chi connectivity index (χ0) is 19.0. The minimum atomic E-state index is -0.177. The van der Waals surface area contributed by atoms with Crippen LogP contribution in [0.1, 0.15) is 43.5 Å². The van der Waals surface area contributed by atoms with Crippen LogP contribution in [0.25, 0.3) is 0 Å². The second-order valence-corrected chi connectivity index (χ2v) is 6.15. The van der Waals surface area contributed by atoms with Crippen molar-refractivity contribution in [3.63, 3.8) is 0 Å². The molecule has 1 rings (SSSR count). The molecule has 1 amide bonds. The number of ether oxygens (including phenoxy) is 1. The molecule has 0 unspecified atom stereocenters. The molecule has 0 fully saturated rings. The molecule has 8 heteroatoms. The number of unbranched alkanes of at least 4 members (excludes halogenated alkanes) is 1. The molecule has 1 aromatic carbocycles. The second kappa shape index (κ2) is 17.1. The maximum Gasteiger partial charge on any atom is 0.252 e. The van der Waals surface area contributed by atoms with Gasteiger partial charge >= 0.3 is 0 Å². The van der Waals surface area contributed by atoms with Crippen molar-refractivity contribution < 1.29 is 9.53 Å². The quantitative estimate of drug-likeness (QED) is 0.174. The second-order valence-electron chi connectivity index (χ2n) is 5.74. The van der Waals surface area contributed by atoms with Gasteiger partial charge in [0.1, 0.15) is 0 Å². The predicted molar refractivity (Wildman–Crippen MR) is 124 cm³/mol. The van der Waals surface area contributed by atoms with E-state index in [1.54, 1.807) is 24.3 Å². The standard InChI is InChI=1S/C19H31ClN4O2.HI/c1-3-5-14-26-15-8-11-23-19(21-4-2)24-13-12-22-18(25)16-9-6-7-10-17(16)20;/h6-7,9-10H,3-5,8,11-15H2,1-2H3,(H,22,25)(H2,21,23,24);1H. The summed E-state index contributed by atoms with van der Waals surface area (Å²) in [4.78, 5) is 16.6. The lowest BCUT2D eigenvalue weighted by molar-refractivity contribution is 0.0954. The molecule has 0 spiro atoms. The van der Waals surface area contributed by atoms with Crippen LogP contribution in [0.5, 0.6) is 0 Å². The number of nitrogens with one attached hydrogen (secondary N) is 3. The zero-order valence-electron chi connectivity index (χ0n) is 16.2. The van der Waals surface area contributed by atoms with Crippen molar-refractivity contribution in [2.24, 2.45) is 4.99 Å². The molecule has 154 valence electrons. The molecule has 0 aliphatic carbocycles. The number of halogens is 2. The minimum absolute atomic E-state index is 0. The first-order valence-electron chi connectivity index (χ1n) is 9.31. The highest BCUT2D eigenvalue weighted by molar-refractivity contribution is 14.0. The van der Waals surface area contributed by atoms with E-state index >= 15 is 0 Å². The molecule has 0 aliphatic heterocycles. The average molecular weight is 511 g/mol. The van der Waals surface area contributed by atoms with Crippen LogP contribution in [0.3, 0.4) is 0 Å². The van der Waals surface area contributed by atoms with Crippen LogP contribution in [0.4, 0.5) is 0 Å². The van der Waals surface area contributed by atoms with Crippen LogP contribution in [0, 0.1) is 0 Å². The fourth-order valence-electron chi connectivity index (χ4n) is 2.15. The smallest absolute Gasteiger partial charge is 0.252 e. The molecule has 0 bridgehead atoms. The van der Waals surface area contributed by atoms with Crippen LogP contribution in [-0.4, -0.2) is 51.3 Å². The van der Waals surface area contributed by atoms with Crippen molar-refractivity contribution in [3.05, 3.63) is 34.9 Å². The molecule has 3 N–H and O–H groups in total. The normalized spacial score (nSPS) is 10.9. The highest BCUT2D eigenvalue weighted by Crippen LogP contribution is 2.14. The first kappa shape index (κ1) is 25.9. The van der Waals surface area contributed by atoms with Crippen molar-refractivity contribution in [1.82, 2.24) is 16.0 Å². The number of benzene rings is 1. The van der Waals surface area contributed by atoms with Gasteiger partial charge in [-0.05, 0) is 31.9 Å². The lowest BCUT2D eigenvalue weighted by atomic mass is 10.2. The fraction of sp³-hybridized carbons (Fsp3) is 0.579. The lowest BCUT2D eigenvalue weighted by Crippen LogP contribution is -2.41. The third-order valence-electron chi connectivity index (χ3n) is 3.52. The topological polar surface area (TPSA) is 74.8 Å². The number of hydrogen-bond acceptors (Lipinski definition) is 3. The largest absolute Gasteiger partial charge is 0.381 e. The Balaban J connectivity index is 0.00000676. The Morgan fingerprint density at radius 1 is 1.07 bits per heavy atom.